The van der Waals surface area contributed by atoms with Crippen molar-refractivity contribution < 1.29 is 18.3 Å². The molecule has 3 unspecified atom stereocenters. The van der Waals surface area contributed by atoms with E-state index in [4.69, 9.17) is 10.5 Å². The van der Waals surface area contributed by atoms with Gasteiger partial charge in [-0.25, -0.2) is 18.3 Å². The Morgan fingerprint density at radius 1 is 1.10 bits per heavy atom. The molecule has 0 bridgehead atoms. The number of nitrogen functional groups attached to an aromatic ring is 1. The van der Waals surface area contributed by atoms with E-state index in [1.165, 1.54) is 23.8 Å². The number of hydrogen-bond donors (Lipinski definition) is 3. The minimum absolute atomic E-state index is 0.0104. The molecule has 4 fully saturated rings. The number of aromatic nitrogens is 3. The van der Waals surface area contributed by atoms with Crippen molar-refractivity contribution in [3.05, 3.63) is 23.8 Å². The first-order valence-corrected chi connectivity index (χ1v) is 15.3. The lowest BCUT2D eigenvalue weighted by Crippen LogP contribution is -2.71. The molecular formula is C29H43F2N7O2. The molecule has 3 saturated heterocycles. The zero-order valence-corrected chi connectivity index (χ0v) is 23.3. The maximum absolute atomic E-state index is 16.1. The Labute approximate surface area is 234 Å². The third kappa shape index (κ3) is 5.44. The molecule has 3 atom stereocenters. The predicted molar refractivity (Wildman–Crippen MR) is 148 cm³/mol. The fraction of sp³-hybridized carbons (Fsp3) is 0.759. The van der Waals surface area contributed by atoms with Crippen LogP contribution in [0.25, 0.3) is 5.65 Å². The molecule has 220 valence electrons. The third-order valence-electron chi connectivity index (χ3n) is 10.0. The lowest BCUT2D eigenvalue weighted by molar-refractivity contribution is -0.0823. The number of anilines is 1. The van der Waals surface area contributed by atoms with Crippen LogP contribution in [0.15, 0.2) is 12.4 Å². The summed E-state index contributed by atoms with van der Waals surface area (Å²) < 4.78 is 36.5. The second-order valence-corrected chi connectivity index (χ2v) is 12.4. The van der Waals surface area contributed by atoms with Crippen LogP contribution in [0.4, 0.5) is 14.6 Å². The van der Waals surface area contributed by atoms with Crippen LogP contribution in [-0.4, -0.2) is 82.0 Å². The van der Waals surface area contributed by atoms with Gasteiger partial charge in [0.05, 0.1) is 37.7 Å². The molecule has 6 rings (SSSR count). The summed E-state index contributed by atoms with van der Waals surface area (Å²) in [5.41, 5.74) is 6.10. The zero-order chi connectivity index (χ0) is 27.7. The predicted octanol–water partition coefficient (Wildman–Crippen LogP) is 3.48. The van der Waals surface area contributed by atoms with Crippen LogP contribution >= 0.6 is 0 Å². The Balaban J connectivity index is 1.31. The number of hydrogen-bond acceptors (Lipinski definition) is 7. The van der Waals surface area contributed by atoms with Crippen molar-refractivity contribution in [1.29, 1.82) is 0 Å². The highest BCUT2D eigenvalue weighted by molar-refractivity contribution is 6.04. The van der Waals surface area contributed by atoms with E-state index in [0.29, 0.717) is 12.6 Å². The van der Waals surface area contributed by atoms with Gasteiger partial charge in [0.1, 0.15) is 11.7 Å². The van der Waals surface area contributed by atoms with Crippen molar-refractivity contribution >= 4 is 17.4 Å². The van der Waals surface area contributed by atoms with Crippen molar-refractivity contribution in [2.75, 3.05) is 38.6 Å². The summed E-state index contributed by atoms with van der Waals surface area (Å²) >= 11 is 0. The number of nitrogens with zero attached hydrogens (tertiary/aromatic N) is 4. The van der Waals surface area contributed by atoms with Crippen molar-refractivity contribution in [2.24, 2.45) is 11.8 Å². The Bertz CT molecular complexity index is 1170. The van der Waals surface area contributed by atoms with Crippen LogP contribution in [0, 0.1) is 17.7 Å². The summed E-state index contributed by atoms with van der Waals surface area (Å²) in [6.07, 6.45) is 12.8. The molecule has 5 heterocycles. The van der Waals surface area contributed by atoms with Crippen molar-refractivity contribution in [3.63, 3.8) is 0 Å². The van der Waals surface area contributed by atoms with Crippen LogP contribution in [0.5, 0.6) is 0 Å². The number of piperidine rings is 2. The van der Waals surface area contributed by atoms with Gasteiger partial charge in [0, 0.05) is 18.0 Å². The van der Waals surface area contributed by atoms with Gasteiger partial charge in [-0.1, -0.05) is 44.9 Å². The molecule has 1 aliphatic carbocycles. The first-order valence-electron chi connectivity index (χ1n) is 15.3. The average Bonchev–Trinajstić information content (AvgIpc) is 3.24. The maximum atomic E-state index is 16.1. The Morgan fingerprint density at radius 3 is 2.42 bits per heavy atom. The van der Waals surface area contributed by atoms with Gasteiger partial charge in [0.25, 0.3) is 5.91 Å². The lowest BCUT2D eigenvalue weighted by atomic mass is 9.64. The fourth-order valence-corrected chi connectivity index (χ4v) is 7.77. The summed E-state index contributed by atoms with van der Waals surface area (Å²) in [4.78, 5) is 20.6. The van der Waals surface area contributed by atoms with Crippen LogP contribution in [0.3, 0.4) is 0 Å². The van der Waals surface area contributed by atoms with Gasteiger partial charge in [-0.15, -0.1) is 5.10 Å². The minimum atomic E-state index is -1.07. The van der Waals surface area contributed by atoms with Gasteiger partial charge >= 0.3 is 0 Å². The summed E-state index contributed by atoms with van der Waals surface area (Å²) in [6.45, 7) is 3.74. The Kier molecular flexibility index (Phi) is 8.23. The number of halogens is 2. The fourth-order valence-electron chi connectivity index (χ4n) is 7.77. The molecule has 4 aliphatic rings. The van der Waals surface area contributed by atoms with Crippen molar-refractivity contribution in [3.8, 4) is 0 Å². The summed E-state index contributed by atoms with van der Waals surface area (Å²) in [6, 6.07) is 0.0766. The molecule has 40 heavy (non-hydrogen) atoms. The largest absolute Gasteiger partial charge is 0.381 e. The molecule has 0 aromatic carbocycles. The van der Waals surface area contributed by atoms with Gasteiger partial charge in [0.15, 0.2) is 17.3 Å². The molecule has 4 N–H and O–H groups in total. The summed E-state index contributed by atoms with van der Waals surface area (Å²) in [5, 5.41) is 11.1. The number of ether oxygens (including phenoxy) is 1. The van der Waals surface area contributed by atoms with Gasteiger partial charge in [0.2, 0.25) is 0 Å². The van der Waals surface area contributed by atoms with Gasteiger partial charge in [-0.2, -0.15) is 0 Å². The third-order valence-corrected chi connectivity index (χ3v) is 10.0. The van der Waals surface area contributed by atoms with E-state index in [1.807, 2.05) is 0 Å². The zero-order valence-electron chi connectivity index (χ0n) is 23.3. The highest BCUT2D eigenvalue weighted by atomic mass is 19.1. The molecule has 1 saturated carbocycles. The normalized spacial score (nSPS) is 29.3. The molecule has 2 aromatic rings. The number of carbonyl (C=O) groups excluding carboxylic acids is 1. The molecule has 11 heteroatoms. The molecule has 3 aliphatic heterocycles. The molecule has 1 spiro atoms. The molecule has 2 aromatic heterocycles. The van der Waals surface area contributed by atoms with Gasteiger partial charge < -0.3 is 21.1 Å². The molecular weight excluding hydrogens is 516 g/mol. The minimum Gasteiger partial charge on any atom is -0.381 e. The van der Waals surface area contributed by atoms with E-state index in [2.05, 4.69) is 25.6 Å². The van der Waals surface area contributed by atoms with Crippen LogP contribution in [0.1, 0.15) is 81.0 Å². The number of rotatable bonds is 4. The standard InChI is InChI=1S/C29H43F2N7O2/c30-20-14-33-27-24(26(32)36-38(27)16-20)28(39)35-25-23(19-8-12-37(13-9-19)21-17-40-18-21)22(31)15-34-29(25)10-6-4-2-1-3-5-7-11-29/h14,16,19,21-23,25,34H,1-13,15,17-18H2,(H2,32,36)(H,35,39). The number of likely N-dealkylation sites (tertiary alicyclic amines) is 1. The molecule has 0 radical (unpaired) electrons. The first-order chi connectivity index (χ1) is 19.4. The van der Waals surface area contributed by atoms with Crippen molar-refractivity contribution in [1.82, 2.24) is 30.1 Å². The van der Waals surface area contributed by atoms with Gasteiger partial charge in [-0.3, -0.25) is 9.69 Å². The number of alkyl halides is 1. The van der Waals surface area contributed by atoms with Gasteiger partial charge in [-0.05, 0) is 44.7 Å². The van der Waals surface area contributed by atoms with E-state index >= 15 is 4.39 Å². The van der Waals surface area contributed by atoms with E-state index in [9.17, 15) is 9.18 Å². The number of nitrogens with one attached hydrogen (secondary N) is 2. The van der Waals surface area contributed by atoms with Crippen molar-refractivity contribution in [2.45, 2.75) is 94.4 Å². The highest BCUT2D eigenvalue weighted by Gasteiger charge is 2.52. The van der Waals surface area contributed by atoms with E-state index < -0.39 is 29.5 Å². The summed E-state index contributed by atoms with van der Waals surface area (Å²) in [5.74, 6) is -1.14. The Morgan fingerprint density at radius 2 is 1.77 bits per heavy atom. The lowest BCUT2D eigenvalue weighted by Gasteiger charge is -2.54. The van der Waals surface area contributed by atoms with Crippen LogP contribution < -0.4 is 16.4 Å². The second-order valence-electron chi connectivity index (χ2n) is 12.4. The highest BCUT2D eigenvalue weighted by Crippen LogP contribution is 2.42. The quantitative estimate of drug-likeness (QED) is 0.526. The topological polar surface area (TPSA) is 110 Å². The number of carbonyl (C=O) groups is 1. The number of fused-ring (bicyclic) bond motifs is 1. The first kappa shape index (κ1) is 27.8. The number of nitrogens with two attached hydrogens (primary N) is 1. The number of amides is 1. The molecule has 9 nitrogen and oxygen atoms in total. The van der Waals surface area contributed by atoms with Crippen LogP contribution in [0.2, 0.25) is 0 Å². The summed E-state index contributed by atoms with van der Waals surface area (Å²) in [7, 11) is 0. The van der Waals surface area contributed by atoms with E-state index in [-0.39, 0.29) is 28.9 Å². The second kappa shape index (κ2) is 11.9. The smallest absolute Gasteiger partial charge is 0.259 e. The van der Waals surface area contributed by atoms with E-state index in [1.54, 1.807) is 0 Å². The Hall–Kier alpha value is -2.37. The monoisotopic (exact) mass is 559 g/mol. The van der Waals surface area contributed by atoms with Crippen LogP contribution in [-0.2, 0) is 4.74 Å². The van der Waals surface area contributed by atoms with E-state index in [0.717, 1.165) is 90.1 Å². The molecule has 1 amide bonds. The average molecular weight is 560 g/mol. The maximum Gasteiger partial charge on any atom is 0.259 e. The SMILES string of the molecule is Nc1nn2cc(F)cnc2c1C(=O)NC1C(C2CCN(C3COC3)CC2)C(F)CNC12CCCCCCCCC2.